The maximum absolute atomic E-state index is 13.5. The molecule has 41 heavy (non-hydrogen) atoms. The average molecular weight is 558 g/mol. The third-order valence-electron chi connectivity index (χ3n) is 7.89. The molecule has 0 amide bonds. The van der Waals surface area contributed by atoms with Crippen LogP contribution in [-0.2, 0) is 25.6 Å². The number of fused-ring (bicyclic) bond motifs is 5. The number of hydrogen-bond donors (Lipinski definition) is 0. The molecule has 0 N–H and O–H groups in total. The van der Waals surface area contributed by atoms with Gasteiger partial charge in [-0.15, -0.1) is 0 Å². The van der Waals surface area contributed by atoms with Gasteiger partial charge in [-0.25, -0.2) is 4.79 Å². The Morgan fingerprint density at radius 3 is 2.44 bits per heavy atom. The molecule has 1 fully saturated rings. The number of aromatic nitrogens is 1. The maximum Gasteiger partial charge on any atom is 0.338 e. The van der Waals surface area contributed by atoms with Crippen molar-refractivity contribution in [2.24, 2.45) is 0 Å². The van der Waals surface area contributed by atoms with E-state index >= 15 is 0 Å². The number of Topliss-reactive ketones (excluding diaryl/α,β-unsaturated/α-hetero) is 1. The highest BCUT2D eigenvalue weighted by atomic mass is 16.6. The van der Waals surface area contributed by atoms with Crippen molar-refractivity contribution in [1.29, 1.82) is 0 Å². The standard InChI is InChI=1S/C34H39NO6/c1-6-40-30(37)19-29(36)24-16-23-17-25(39-5)13-15-26(23)32-31(21-10-8-7-9-11-21)27-14-12-22(18-28(27)35(32)20-24)33(38)41-34(2,3)4/h12-18,21H,6-11,19-20H2,1-5H3. The third-order valence-corrected chi connectivity index (χ3v) is 7.89. The first-order valence-corrected chi connectivity index (χ1v) is 14.6. The number of methoxy groups -OCH3 is 1. The van der Waals surface area contributed by atoms with E-state index < -0.39 is 11.6 Å². The number of carbonyl (C=O) groups excluding carboxylic acids is 3. The summed E-state index contributed by atoms with van der Waals surface area (Å²) in [5.74, 6) is -0.160. The van der Waals surface area contributed by atoms with Crippen LogP contribution in [0.3, 0.4) is 0 Å². The van der Waals surface area contributed by atoms with Gasteiger partial charge in [0, 0.05) is 22.0 Å². The summed E-state index contributed by atoms with van der Waals surface area (Å²) < 4.78 is 18.5. The highest BCUT2D eigenvalue weighted by molar-refractivity contribution is 6.09. The molecule has 216 valence electrons. The highest BCUT2D eigenvalue weighted by Gasteiger charge is 2.31. The fraction of sp³-hybridized carbons (Fsp3) is 0.441. The summed E-state index contributed by atoms with van der Waals surface area (Å²) in [5, 5.41) is 1.08. The summed E-state index contributed by atoms with van der Waals surface area (Å²) in [4.78, 5) is 38.9. The Kier molecular flexibility index (Phi) is 8.07. The number of carbonyl (C=O) groups is 3. The summed E-state index contributed by atoms with van der Waals surface area (Å²) >= 11 is 0. The minimum absolute atomic E-state index is 0.218. The molecular formula is C34H39NO6. The van der Waals surface area contributed by atoms with Gasteiger partial charge in [0.05, 0.1) is 31.5 Å². The van der Waals surface area contributed by atoms with E-state index in [2.05, 4.69) is 10.6 Å². The first-order valence-electron chi connectivity index (χ1n) is 14.6. The largest absolute Gasteiger partial charge is 0.497 e. The Bertz CT molecular complexity index is 1530. The SMILES string of the molecule is CCOC(=O)CC(=O)C1=Cc2cc(OC)ccc2-c2c(C3CCCCC3)c3ccc(C(=O)OC(C)(C)C)cc3n2C1. The van der Waals surface area contributed by atoms with Gasteiger partial charge < -0.3 is 18.8 Å². The van der Waals surface area contributed by atoms with Gasteiger partial charge in [0.1, 0.15) is 17.8 Å². The van der Waals surface area contributed by atoms with Crippen molar-refractivity contribution >= 4 is 34.7 Å². The number of hydrogen-bond acceptors (Lipinski definition) is 6. The minimum atomic E-state index is -0.622. The molecule has 2 aromatic carbocycles. The number of benzene rings is 2. The second-order valence-corrected chi connectivity index (χ2v) is 11.9. The molecule has 0 atom stereocenters. The van der Waals surface area contributed by atoms with Crippen molar-refractivity contribution in [3.05, 3.63) is 58.7 Å². The van der Waals surface area contributed by atoms with Crippen LogP contribution in [0.1, 0.15) is 93.6 Å². The average Bonchev–Trinajstić information content (AvgIpc) is 3.14. The van der Waals surface area contributed by atoms with E-state index in [9.17, 15) is 14.4 Å². The van der Waals surface area contributed by atoms with Gasteiger partial charge in [0.15, 0.2) is 5.78 Å². The van der Waals surface area contributed by atoms with Crippen LogP contribution < -0.4 is 4.74 Å². The fourth-order valence-corrected chi connectivity index (χ4v) is 6.13. The third kappa shape index (κ3) is 5.95. The van der Waals surface area contributed by atoms with Crippen LogP contribution in [0.4, 0.5) is 0 Å². The molecule has 2 aliphatic rings. The maximum atomic E-state index is 13.5. The Hall–Kier alpha value is -3.87. The predicted molar refractivity (Wildman–Crippen MR) is 159 cm³/mol. The van der Waals surface area contributed by atoms with Crippen LogP contribution in [0, 0.1) is 0 Å². The lowest BCUT2D eigenvalue weighted by atomic mass is 9.81. The molecule has 7 nitrogen and oxygen atoms in total. The van der Waals surface area contributed by atoms with E-state index in [0.717, 1.165) is 40.6 Å². The Balaban J connectivity index is 1.74. The van der Waals surface area contributed by atoms with Crippen molar-refractivity contribution < 1.29 is 28.6 Å². The molecule has 0 saturated heterocycles. The fourth-order valence-electron chi connectivity index (χ4n) is 6.13. The molecule has 0 bridgehead atoms. The molecular weight excluding hydrogens is 518 g/mol. The Morgan fingerprint density at radius 1 is 1.00 bits per heavy atom. The summed E-state index contributed by atoms with van der Waals surface area (Å²) in [5.41, 5.74) is 5.40. The zero-order valence-corrected chi connectivity index (χ0v) is 24.7. The Morgan fingerprint density at radius 2 is 1.76 bits per heavy atom. The van der Waals surface area contributed by atoms with Crippen LogP contribution in [0.2, 0.25) is 0 Å². The Labute approximate surface area is 241 Å². The number of allylic oxidation sites excluding steroid dienone is 1. The summed E-state index contributed by atoms with van der Waals surface area (Å²) in [6, 6.07) is 11.7. The zero-order valence-electron chi connectivity index (χ0n) is 24.7. The van der Waals surface area contributed by atoms with Crippen LogP contribution in [0.25, 0.3) is 28.2 Å². The van der Waals surface area contributed by atoms with Gasteiger partial charge in [-0.05, 0) is 94.0 Å². The topological polar surface area (TPSA) is 83.8 Å². The van der Waals surface area contributed by atoms with E-state index in [-0.39, 0.29) is 31.3 Å². The van der Waals surface area contributed by atoms with Gasteiger partial charge >= 0.3 is 11.9 Å². The molecule has 0 unspecified atom stereocenters. The molecule has 0 radical (unpaired) electrons. The van der Waals surface area contributed by atoms with Crippen LogP contribution in [0.15, 0.2) is 42.0 Å². The number of rotatable bonds is 7. The minimum Gasteiger partial charge on any atom is -0.497 e. The summed E-state index contributed by atoms with van der Waals surface area (Å²) in [7, 11) is 1.62. The lowest BCUT2D eigenvalue weighted by Gasteiger charge is -2.24. The first kappa shape index (κ1) is 28.7. The molecule has 1 aliphatic carbocycles. The molecule has 0 spiro atoms. The van der Waals surface area contributed by atoms with Crippen molar-refractivity contribution in [3.8, 4) is 17.0 Å². The van der Waals surface area contributed by atoms with Crippen molar-refractivity contribution in [2.45, 2.75) is 84.3 Å². The van der Waals surface area contributed by atoms with Gasteiger partial charge in [-0.3, -0.25) is 9.59 Å². The lowest BCUT2D eigenvalue weighted by Crippen LogP contribution is -2.23. The summed E-state index contributed by atoms with van der Waals surface area (Å²) in [6.45, 7) is 7.77. The quantitative estimate of drug-likeness (QED) is 0.225. The van der Waals surface area contributed by atoms with E-state index in [1.807, 2.05) is 57.2 Å². The number of nitrogens with zero attached hydrogens (tertiary/aromatic N) is 1. The molecule has 5 rings (SSSR count). The second kappa shape index (κ2) is 11.6. The summed E-state index contributed by atoms with van der Waals surface area (Å²) in [6.07, 6.45) is 7.30. The first-order chi connectivity index (χ1) is 19.6. The van der Waals surface area contributed by atoms with Gasteiger partial charge in [0.2, 0.25) is 0 Å². The van der Waals surface area contributed by atoms with E-state index in [4.69, 9.17) is 14.2 Å². The van der Waals surface area contributed by atoms with Crippen molar-refractivity contribution in [1.82, 2.24) is 4.57 Å². The van der Waals surface area contributed by atoms with Crippen LogP contribution in [-0.4, -0.2) is 41.6 Å². The number of ketones is 1. The zero-order chi connectivity index (χ0) is 29.3. The molecule has 1 aromatic heterocycles. The lowest BCUT2D eigenvalue weighted by molar-refractivity contribution is -0.145. The number of esters is 2. The molecule has 7 heteroatoms. The van der Waals surface area contributed by atoms with Gasteiger partial charge in [-0.1, -0.05) is 25.3 Å². The smallest absolute Gasteiger partial charge is 0.338 e. The number of ether oxygens (including phenoxy) is 3. The van der Waals surface area contributed by atoms with E-state index in [0.29, 0.717) is 22.8 Å². The molecule has 1 saturated carbocycles. The van der Waals surface area contributed by atoms with E-state index in [1.165, 1.54) is 24.8 Å². The van der Waals surface area contributed by atoms with Gasteiger partial charge in [-0.2, -0.15) is 0 Å². The van der Waals surface area contributed by atoms with Crippen molar-refractivity contribution in [2.75, 3.05) is 13.7 Å². The monoisotopic (exact) mass is 557 g/mol. The van der Waals surface area contributed by atoms with Crippen LogP contribution in [0.5, 0.6) is 5.75 Å². The molecule has 2 heterocycles. The van der Waals surface area contributed by atoms with Crippen molar-refractivity contribution in [3.63, 3.8) is 0 Å². The molecule has 3 aromatic rings. The van der Waals surface area contributed by atoms with E-state index in [1.54, 1.807) is 14.0 Å². The predicted octanol–water partition coefficient (Wildman–Crippen LogP) is 7.24. The molecule has 1 aliphatic heterocycles. The van der Waals surface area contributed by atoms with Crippen LogP contribution >= 0.6 is 0 Å². The second-order valence-electron chi connectivity index (χ2n) is 11.9. The highest BCUT2D eigenvalue weighted by Crippen LogP contribution is 2.47. The normalized spacial score (nSPS) is 15.4. The van der Waals surface area contributed by atoms with Gasteiger partial charge in [0.25, 0.3) is 0 Å².